The first-order valence-electron chi connectivity index (χ1n) is 10.4. The van der Waals surface area contributed by atoms with E-state index >= 15 is 0 Å². The van der Waals surface area contributed by atoms with E-state index in [1.165, 1.54) is 18.3 Å². The molecular weight excluding hydrogens is 504 g/mol. The number of rotatable bonds is 8. The van der Waals surface area contributed by atoms with Crippen LogP contribution in [0.5, 0.6) is 0 Å². The Morgan fingerprint density at radius 2 is 1.88 bits per heavy atom. The van der Waals surface area contributed by atoms with Crippen molar-refractivity contribution in [2.45, 2.75) is 27.2 Å². The lowest BCUT2D eigenvalue weighted by Crippen LogP contribution is -2.19. The van der Waals surface area contributed by atoms with Crippen LogP contribution in [-0.4, -0.2) is 34.2 Å². The van der Waals surface area contributed by atoms with E-state index in [0.29, 0.717) is 5.69 Å². The molecule has 0 bridgehead atoms. The molecule has 1 N–H and O–H groups in total. The number of nitro groups is 1. The first kappa shape index (κ1) is 24.8. The molecule has 0 saturated heterocycles. The minimum atomic E-state index is -0.742. The number of nitrogens with one attached hydrogen (secondary N) is 1. The Morgan fingerprint density at radius 1 is 1.18 bits per heavy atom. The van der Waals surface area contributed by atoms with Crippen LogP contribution < -0.4 is 5.43 Å². The number of hydrazone groups is 1. The van der Waals surface area contributed by atoms with Crippen molar-refractivity contribution in [1.82, 2.24) is 9.99 Å². The fourth-order valence-electron chi connectivity index (χ4n) is 3.51. The summed E-state index contributed by atoms with van der Waals surface area (Å²) in [4.78, 5) is 35.2. The largest absolute Gasteiger partial charge is 0.462 e. The van der Waals surface area contributed by atoms with Crippen molar-refractivity contribution in [2.75, 3.05) is 6.61 Å². The molecule has 0 aliphatic rings. The molecular formula is C24H23BrN4O5. The summed E-state index contributed by atoms with van der Waals surface area (Å²) in [5, 5.41) is 15.6. The Bertz CT molecular complexity index is 1270. The Hall–Kier alpha value is -3.79. The maximum Gasteiger partial charge on any atom is 0.345 e. The average Bonchev–Trinajstić information content (AvgIpc) is 3.08. The van der Waals surface area contributed by atoms with Gasteiger partial charge in [0.05, 0.1) is 29.9 Å². The molecule has 0 unspecified atom stereocenters. The molecule has 0 saturated carbocycles. The Balaban J connectivity index is 1.80. The van der Waals surface area contributed by atoms with Crippen molar-refractivity contribution in [3.63, 3.8) is 0 Å². The molecule has 0 spiro atoms. The van der Waals surface area contributed by atoms with Crippen molar-refractivity contribution < 1.29 is 19.2 Å². The minimum absolute atomic E-state index is 0.103. The number of nitro benzene ring substituents is 1. The van der Waals surface area contributed by atoms with E-state index in [9.17, 15) is 19.7 Å². The minimum Gasteiger partial charge on any atom is -0.462 e. The van der Waals surface area contributed by atoms with Crippen LogP contribution in [0.3, 0.4) is 0 Å². The normalized spacial score (nSPS) is 10.9. The summed E-state index contributed by atoms with van der Waals surface area (Å²) >= 11 is 3.36. The molecule has 2 aromatic carbocycles. The van der Waals surface area contributed by atoms with E-state index in [4.69, 9.17) is 4.74 Å². The number of carbonyl (C=O) groups excluding carboxylic acids is 2. The number of carbonyl (C=O) groups is 2. The van der Waals surface area contributed by atoms with Gasteiger partial charge in [0.15, 0.2) is 0 Å². The van der Waals surface area contributed by atoms with Gasteiger partial charge in [0, 0.05) is 27.5 Å². The quantitative estimate of drug-likeness (QED) is 0.198. The van der Waals surface area contributed by atoms with Crippen LogP contribution in [0.4, 0.5) is 5.69 Å². The van der Waals surface area contributed by atoms with Crippen molar-refractivity contribution in [3.05, 3.63) is 91.2 Å². The molecule has 1 heterocycles. The first-order valence-corrected chi connectivity index (χ1v) is 11.2. The van der Waals surface area contributed by atoms with Crippen LogP contribution in [0, 0.1) is 24.0 Å². The molecule has 10 heteroatoms. The first-order chi connectivity index (χ1) is 16.2. The topological polar surface area (TPSA) is 116 Å². The molecule has 9 nitrogen and oxygen atoms in total. The van der Waals surface area contributed by atoms with Crippen LogP contribution >= 0.6 is 15.9 Å². The molecule has 0 aliphatic heterocycles. The van der Waals surface area contributed by atoms with E-state index in [1.54, 1.807) is 13.0 Å². The monoisotopic (exact) mass is 526 g/mol. The third kappa shape index (κ3) is 5.76. The van der Waals surface area contributed by atoms with Gasteiger partial charge in [0.25, 0.3) is 5.69 Å². The molecule has 0 radical (unpaired) electrons. The number of aryl methyl sites for hydroxylation is 1. The van der Waals surface area contributed by atoms with Crippen molar-refractivity contribution in [2.24, 2.45) is 5.10 Å². The Morgan fingerprint density at radius 3 is 2.53 bits per heavy atom. The number of esters is 1. The van der Waals surface area contributed by atoms with Crippen molar-refractivity contribution >= 4 is 39.7 Å². The van der Waals surface area contributed by atoms with E-state index in [-0.39, 0.29) is 30.2 Å². The van der Waals surface area contributed by atoms with Crippen LogP contribution in [-0.2, 0) is 16.0 Å². The second-order valence-electron chi connectivity index (χ2n) is 7.44. The summed E-state index contributed by atoms with van der Waals surface area (Å²) in [6, 6.07) is 13.6. The van der Waals surface area contributed by atoms with Crippen LogP contribution in [0.25, 0.3) is 5.69 Å². The number of hydrogen-bond donors (Lipinski definition) is 1. The zero-order valence-electron chi connectivity index (χ0n) is 18.9. The number of halogens is 1. The van der Waals surface area contributed by atoms with Gasteiger partial charge in [0.1, 0.15) is 5.56 Å². The lowest BCUT2D eigenvalue weighted by Gasteiger charge is -2.11. The summed E-state index contributed by atoms with van der Waals surface area (Å²) in [6.45, 7) is 5.44. The maximum atomic E-state index is 12.2. The highest BCUT2D eigenvalue weighted by Gasteiger charge is 2.23. The van der Waals surface area contributed by atoms with Gasteiger partial charge in [-0.3, -0.25) is 14.9 Å². The number of benzene rings is 2. The van der Waals surface area contributed by atoms with Gasteiger partial charge < -0.3 is 9.30 Å². The third-order valence-electron chi connectivity index (χ3n) is 5.07. The van der Waals surface area contributed by atoms with Gasteiger partial charge in [0.2, 0.25) is 5.91 Å². The van der Waals surface area contributed by atoms with Crippen LogP contribution in [0.1, 0.15) is 39.8 Å². The molecule has 3 rings (SSSR count). The second kappa shape index (κ2) is 10.9. The van der Waals surface area contributed by atoms with E-state index in [2.05, 4.69) is 26.5 Å². The molecule has 0 fully saturated rings. The number of nitrogens with zero attached hydrogens (tertiary/aromatic N) is 3. The third-order valence-corrected chi connectivity index (χ3v) is 5.60. The number of aromatic nitrogens is 1. The van der Waals surface area contributed by atoms with Crippen molar-refractivity contribution in [3.8, 4) is 5.69 Å². The molecule has 0 atom stereocenters. The Labute approximate surface area is 204 Å². The Kier molecular flexibility index (Phi) is 7.95. The molecule has 1 amide bonds. The second-order valence-corrected chi connectivity index (χ2v) is 8.35. The standard InChI is InChI=1S/C24H23BrN4O5/c1-4-34-24(31)21-10-9-20(13-22(21)29(32)33)28-15(2)11-18(16(28)3)14-26-27-23(30)12-17-5-7-19(25)8-6-17/h5-11,13-14H,4,12H2,1-3H3,(H,27,30)/b26-14-. The number of amides is 1. The fraction of sp³-hybridized carbons (Fsp3) is 0.208. The summed E-state index contributed by atoms with van der Waals surface area (Å²) < 4.78 is 7.67. The highest BCUT2D eigenvalue weighted by Crippen LogP contribution is 2.27. The van der Waals surface area contributed by atoms with Gasteiger partial charge in [-0.2, -0.15) is 5.10 Å². The smallest absolute Gasteiger partial charge is 0.345 e. The van der Waals surface area contributed by atoms with E-state index in [0.717, 1.165) is 27.0 Å². The molecule has 1 aromatic heterocycles. The highest BCUT2D eigenvalue weighted by atomic mass is 79.9. The van der Waals surface area contributed by atoms with Crippen LogP contribution in [0.15, 0.2) is 58.1 Å². The average molecular weight is 527 g/mol. The summed E-state index contributed by atoms with van der Waals surface area (Å²) in [6.07, 6.45) is 1.72. The van der Waals surface area contributed by atoms with Crippen LogP contribution in [0.2, 0.25) is 0 Å². The summed E-state index contributed by atoms with van der Waals surface area (Å²) in [7, 11) is 0. The predicted octanol–water partition coefficient (Wildman–Crippen LogP) is 4.63. The number of ether oxygens (including phenoxy) is 1. The molecule has 3 aromatic rings. The summed E-state index contributed by atoms with van der Waals surface area (Å²) in [5.74, 6) is -0.994. The zero-order chi connectivity index (χ0) is 24.8. The number of hydrogen-bond acceptors (Lipinski definition) is 6. The van der Waals surface area contributed by atoms with E-state index < -0.39 is 10.9 Å². The maximum absolute atomic E-state index is 12.2. The predicted molar refractivity (Wildman–Crippen MR) is 131 cm³/mol. The van der Waals surface area contributed by atoms with Gasteiger partial charge in [-0.25, -0.2) is 10.2 Å². The van der Waals surface area contributed by atoms with E-state index in [1.807, 2.05) is 48.7 Å². The van der Waals surface area contributed by atoms with Gasteiger partial charge >= 0.3 is 5.97 Å². The highest BCUT2D eigenvalue weighted by molar-refractivity contribution is 9.10. The molecule has 0 aliphatic carbocycles. The van der Waals surface area contributed by atoms with Gasteiger partial charge in [-0.15, -0.1) is 0 Å². The molecule has 34 heavy (non-hydrogen) atoms. The lowest BCUT2D eigenvalue weighted by atomic mass is 10.1. The SMILES string of the molecule is CCOC(=O)c1ccc(-n2c(C)cc(/C=N\NC(=O)Cc3ccc(Br)cc3)c2C)cc1[N+](=O)[O-]. The van der Waals surface area contributed by atoms with Crippen molar-refractivity contribution in [1.29, 1.82) is 0 Å². The lowest BCUT2D eigenvalue weighted by molar-refractivity contribution is -0.385. The fourth-order valence-corrected chi connectivity index (χ4v) is 3.77. The van der Waals surface area contributed by atoms with Gasteiger partial charge in [-0.05, 0) is 56.7 Å². The summed E-state index contributed by atoms with van der Waals surface area (Å²) in [5.41, 5.74) is 5.77. The zero-order valence-corrected chi connectivity index (χ0v) is 20.5. The molecule has 176 valence electrons. The van der Waals surface area contributed by atoms with Gasteiger partial charge in [-0.1, -0.05) is 28.1 Å².